The lowest BCUT2D eigenvalue weighted by atomic mass is 10.1. The number of rotatable bonds is 10. The smallest absolute Gasteiger partial charge is 0.267 e. The second-order valence-electron chi connectivity index (χ2n) is 6.11. The highest BCUT2D eigenvalue weighted by atomic mass is 16.5. The highest BCUT2D eigenvalue weighted by molar-refractivity contribution is 6.05. The number of nitrogens with one attached hydrogen (secondary N) is 2. The molecule has 152 valence electrons. The summed E-state index contributed by atoms with van der Waals surface area (Å²) in [5.41, 5.74) is 1.17. The van der Waals surface area contributed by atoms with Crippen LogP contribution in [0.5, 0.6) is 5.75 Å². The molecule has 0 aliphatic rings. The zero-order chi connectivity index (χ0) is 21.1. The predicted molar refractivity (Wildman–Crippen MR) is 107 cm³/mol. The van der Waals surface area contributed by atoms with Gasteiger partial charge < -0.3 is 25.3 Å². The van der Waals surface area contributed by atoms with Gasteiger partial charge in [-0.05, 0) is 55.7 Å². The molecule has 0 saturated heterocycles. The van der Waals surface area contributed by atoms with Crippen molar-refractivity contribution in [3.8, 4) is 5.75 Å². The van der Waals surface area contributed by atoms with Crippen molar-refractivity contribution in [3.63, 3.8) is 0 Å². The standard InChI is InChI=1S/C22H24N2O5/c1-2-29-18-12-10-17(11-13-18)21(27)24-19(15-16-7-4-3-5-8-16)22(28)23-14-6-9-20(25)26/h3-5,7-8,10-13,15H,2,6,9,14H2,1H3,(H,23,28)(H,24,27)(H,25,26)/p-1/b19-15+. The minimum atomic E-state index is -1.18. The first-order valence-electron chi connectivity index (χ1n) is 9.28. The van der Waals surface area contributed by atoms with Gasteiger partial charge >= 0.3 is 0 Å². The number of carbonyl (C=O) groups is 3. The van der Waals surface area contributed by atoms with Gasteiger partial charge in [-0.3, -0.25) is 9.59 Å². The lowest BCUT2D eigenvalue weighted by molar-refractivity contribution is -0.305. The van der Waals surface area contributed by atoms with Crippen LogP contribution in [-0.4, -0.2) is 30.9 Å². The van der Waals surface area contributed by atoms with Gasteiger partial charge in [0.1, 0.15) is 11.4 Å². The minimum absolute atomic E-state index is 0.0588. The Labute approximate surface area is 169 Å². The van der Waals surface area contributed by atoms with Crippen molar-refractivity contribution in [2.45, 2.75) is 19.8 Å². The third kappa shape index (κ3) is 7.50. The van der Waals surface area contributed by atoms with Crippen molar-refractivity contribution in [1.82, 2.24) is 10.6 Å². The van der Waals surface area contributed by atoms with Crippen LogP contribution in [-0.2, 0) is 9.59 Å². The fourth-order valence-corrected chi connectivity index (χ4v) is 2.47. The average Bonchev–Trinajstić information content (AvgIpc) is 2.72. The molecule has 2 aromatic carbocycles. The van der Waals surface area contributed by atoms with E-state index in [0.29, 0.717) is 17.9 Å². The first kappa shape index (κ1) is 21.7. The molecular formula is C22H23N2O5-. The number of hydrogen-bond acceptors (Lipinski definition) is 5. The Hall–Kier alpha value is -3.61. The molecular weight excluding hydrogens is 372 g/mol. The first-order valence-corrected chi connectivity index (χ1v) is 9.28. The monoisotopic (exact) mass is 395 g/mol. The van der Waals surface area contributed by atoms with Gasteiger partial charge in [-0.25, -0.2) is 0 Å². The Bertz CT molecular complexity index is 861. The number of benzene rings is 2. The number of amides is 2. The van der Waals surface area contributed by atoms with E-state index in [4.69, 9.17) is 4.74 Å². The molecule has 0 radical (unpaired) electrons. The van der Waals surface area contributed by atoms with Gasteiger partial charge in [0.25, 0.3) is 11.8 Å². The molecule has 0 heterocycles. The van der Waals surface area contributed by atoms with E-state index in [1.807, 2.05) is 25.1 Å². The van der Waals surface area contributed by atoms with E-state index in [2.05, 4.69) is 10.6 Å². The van der Waals surface area contributed by atoms with Gasteiger partial charge in [0, 0.05) is 18.1 Å². The van der Waals surface area contributed by atoms with Gasteiger partial charge in [0.15, 0.2) is 0 Å². The van der Waals surface area contributed by atoms with Crippen LogP contribution in [0, 0.1) is 0 Å². The summed E-state index contributed by atoms with van der Waals surface area (Å²) < 4.78 is 5.36. The van der Waals surface area contributed by atoms with E-state index < -0.39 is 17.8 Å². The average molecular weight is 395 g/mol. The molecule has 2 rings (SSSR count). The Morgan fingerprint density at radius 3 is 2.34 bits per heavy atom. The summed E-state index contributed by atoms with van der Waals surface area (Å²) in [6, 6.07) is 15.6. The fourth-order valence-electron chi connectivity index (χ4n) is 2.47. The minimum Gasteiger partial charge on any atom is -0.550 e. The van der Waals surface area contributed by atoms with E-state index in [1.54, 1.807) is 42.5 Å². The Balaban J connectivity index is 2.12. The van der Waals surface area contributed by atoms with E-state index in [-0.39, 0.29) is 25.1 Å². The number of aliphatic carboxylic acids is 1. The van der Waals surface area contributed by atoms with Crippen molar-refractivity contribution in [2.24, 2.45) is 0 Å². The summed E-state index contributed by atoms with van der Waals surface area (Å²) in [6.45, 7) is 2.54. The second-order valence-corrected chi connectivity index (χ2v) is 6.11. The van der Waals surface area contributed by atoms with Gasteiger partial charge in [0.2, 0.25) is 0 Å². The summed E-state index contributed by atoms with van der Waals surface area (Å²) >= 11 is 0. The van der Waals surface area contributed by atoms with E-state index in [0.717, 1.165) is 5.56 Å². The predicted octanol–water partition coefficient (Wildman–Crippen LogP) is 1.50. The molecule has 7 nitrogen and oxygen atoms in total. The fraction of sp³-hybridized carbons (Fsp3) is 0.227. The molecule has 0 aliphatic carbocycles. The number of ether oxygens (including phenoxy) is 1. The van der Waals surface area contributed by atoms with E-state index >= 15 is 0 Å². The third-order valence-electron chi connectivity index (χ3n) is 3.87. The van der Waals surface area contributed by atoms with Crippen LogP contribution in [0.15, 0.2) is 60.3 Å². The van der Waals surface area contributed by atoms with Gasteiger partial charge in [-0.1, -0.05) is 30.3 Å². The molecule has 0 aliphatic heterocycles. The van der Waals surface area contributed by atoms with Crippen LogP contribution in [0.2, 0.25) is 0 Å². The maximum atomic E-state index is 12.6. The number of carboxylic acid groups (broad SMARTS) is 1. The van der Waals surface area contributed by atoms with E-state index in [1.165, 1.54) is 0 Å². The zero-order valence-corrected chi connectivity index (χ0v) is 16.1. The molecule has 0 aromatic heterocycles. The Morgan fingerprint density at radius 2 is 1.72 bits per heavy atom. The summed E-state index contributed by atoms with van der Waals surface area (Å²) in [6.07, 6.45) is 1.64. The summed E-state index contributed by atoms with van der Waals surface area (Å²) in [7, 11) is 0. The summed E-state index contributed by atoms with van der Waals surface area (Å²) in [5, 5.41) is 15.7. The van der Waals surface area contributed by atoms with Crippen LogP contribution in [0.3, 0.4) is 0 Å². The molecule has 0 unspecified atom stereocenters. The van der Waals surface area contributed by atoms with Crippen LogP contribution in [0.4, 0.5) is 0 Å². The molecule has 0 fully saturated rings. The molecule has 0 saturated carbocycles. The normalized spacial score (nSPS) is 10.9. The van der Waals surface area contributed by atoms with Crippen molar-refractivity contribution < 1.29 is 24.2 Å². The summed E-state index contributed by atoms with van der Waals surface area (Å²) in [4.78, 5) is 35.6. The van der Waals surface area contributed by atoms with Crippen molar-refractivity contribution in [2.75, 3.05) is 13.2 Å². The quantitative estimate of drug-likeness (QED) is 0.468. The Morgan fingerprint density at radius 1 is 1.03 bits per heavy atom. The molecule has 0 bridgehead atoms. The molecule has 2 N–H and O–H groups in total. The Kier molecular flexibility index (Phi) is 8.44. The highest BCUT2D eigenvalue weighted by Crippen LogP contribution is 2.13. The van der Waals surface area contributed by atoms with Crippen LogP contribution in [0.25, 0.3) is 6.08 Å². The first-order chi connectivity index (χ1) is 14.0. The van der Waals surface area contributed by atoms with Crippen LogP contribution in [0.1, 0.15) is 35.7 Å². The molecule has 2 amide bonds. The lowest BCUT2D eigenvalue weighted by Gasteiger charge is -2.12. The zero-order valence-electron chi connectivity index (χ0n) is 16.1. The molecule has 0 spiro atoms. The summed E-state index contributed by atoms with van der Waals surface area (Å²) in [5.74, 6) is -1.48. The van der Waals surface area contributed by atoms with Gasteiger partial charge in [-0.15, -0.1) is 0 Å². The van der Waals surface area contributed by atoms with Crippen molar-refractivity contribution in [1.29, 1.82) is 0 Å². The molecule has 7 heteroatoms. The maximum Gasteiger partial charge on any atom is 0.267 e. The topological polar surface area (TPSA) is 108 Å². The van der Waals surface area contributed by atoms with Crippen molar-refractivity contribution >= 4 is 23.9 Å². The highest BCUT2D eigenvalue weighted by Gasteiger charge is 2.14. The van der Waals surface area contributed by atoms with Gasteiger partial charge in [0.05, 0.1) is 6.61 Å². The van der Waals surface area contributed by atoms with Crippen LogP contribution < -0.4 is 20.5 Å². The van der Waals surface area contributed by atoms with E-state index in [9.17, 15) is 19.5 Å². The number of hydrogen-bond donors (Lipinski definition) is 2. The second kappa shape index (κ2) is 11.3. The number of carbonyl (C=O) groups excluding carboxylic acids is 3. The molecule has 29 heavy (non-hydrogen) atoms. The lowest BCUT2D eigenvalue weighted by Crippen LogP contribution is -2.35. The van der Waals surface area contributed by atoms with Crippen LogP contribution >= 0.6 is 0 Å². The van der Waals surface area contributed by atoms with Crippen molar-refractivity contribution in [3.05, 3.63) is 71.4 Å². The maximum absolute atomic E-state index is 12.6. The third-order valence-corrected chi connectivity index (χ3v) is 3.87. The van der Waals surface area contributed by atoms with Gasteiger partial charge in [-0.2, -0.15) is 0 Å². The SMILES string of the molecule is CCOc1ccc(C(=O)N/C(=C/c2ccccc2)C(=O)NCCCC(=O)[O-])cc1. The molecule has 0 atom stereocenters. The largest absolute Gasteiger partial charge is 0.550 e. The number of carboxylic acids is 1. The molecule has 2 aromatic rings.